The monoisotopic (exact) mass is 250 g/mol. The lowest BCUT2D eigenvalue weighted by Gasteiger charge is -2.19. The Morgan fingerprint density at radius 1 is 1.50 bits per heavy atom. The topological polar surface area (TPSA) is 32.3 Å². The Bertz CT molecular complexity index is 443. The van der Waals surface area contributed by atoms with E-state index in [1.165, 1.54) is 6.07 Å². The number of halogens is 1. The van der Waals surface area contributed by atoms with Gasteiger partial charge in [-0.05, 0) is 31.4 Å². The molecule has 1 N–H and O–H groups in total. The molecular weight excluding hydrogens is 231 g/mol. The average molecular weight is 250 g/mol. The second-order valence-electron chi connectivity index (χ2n) is 4.74. The number of hydrogen-bond donors (Lipinski definition) is 1. The summed E-state index contributed by atoms with van der Waals surface area (Å²) in [6, 6.07) is 4.98. The highest BCUT2D eigenvalue weighted by Crippen LogP contribution is 2.29. The van der Waals surface area contributed by atoms with Crippen molar-refractivity contribution in [1.29, 1.82) is 0 Å². The van der Waals surface area contributed by atoms with E-state index in [2.05, 4.69) is 5.32 Å². The highest BCUT2D eigenvalue weighted by atomic mass is 19.1. The van der Waals surface area contributed by atoms with E-state index in [1.807, 2.05) is 6.92 Å². The zero-order valence-electron chi connectivity index (χ0n) is 10.9. The number of hydrogen-bond acceptors (Lipinski definition) is 2. The summed E-state index contributed by atoms with van der Waals surface area (Å²) >= 11 is 0. The molecule has 18 heavy (non-hydrogen) atoms. The van der Waals surface area contributed by atoms with Gasteiger partial charge in [-0.3, -0.25) is 4.79 Å². The van der Waals surface area contributed by atoms with Crippen molar-refractivity contribution >= 4 is 11.6 Å². The maximum atomic E-state index is 13.8. The van der Waals surface area contributed by atoms with E-state index in [0.717, 1.165) is 19.3 Å². The Hall–Kier alpha value is -1.58. The van der Waals surface area contributed by atoms with Gasteiger partial charge in [-0.2, -0.15) is 0 Å². The molecule has 1 aliphatic rings. The van der Waals surface area contributed by atoms with Gasteiger partial charge in [0.05, 0.1) is 11.3 Å². The van der Waals surface area contributed by atoms with E-state index in [0.29, 0.717) is 23.8 Å². The molecule has 0 aliphatic heterocycles. The number of para-hydroxylation sites is 1. The molecule has 1 aromatic carbocycles. The smallest absolute Gasteiger partial charge is 0.256 e. The molecule has 0 heterocycles. The van der Waals surface area contributed by atoms with Crippen molar-refractivity contribution in [2.45, 2.75) is 32.2 Å². The molecule has 0 atom stereocenters. The van der Waals surface area contributed by atoms with Crippen LogP contribution in [0.25, 0.3) is 0 Å². The maximum Gasteiger partial charge on any atom is 0.256 e. The molecule has 0 aromatic heterocycles. The Morgan fingerprint density at radius 2 is 2.22 bits per heavy atom. The molecule has 2 rings (SSSR count). The van der Waals surface area contributed by atoms with Gasteiger partial charge in [-0.1, -0.05) is 13.0 Å². The van der Waals surface area contributed by atoms with Gasteiger partial charge in [0.1, 0.15) is 5.82 Å². The third kappa shape index (κ3) is 2.63. The van der Waals surface area contributed by atoms with E-state index in [1.54, 1.807) is 24.1 Å². The fraction of sp³-hybridized carbons (Fsp3) is 0.500. The number of benzene rings is 1. The first-order chi connectivity index (χ1) is 8.65. The van der Waals surface area contributed by atoms with Crippen LogP contribution in [0.2, 0.25) is 0 Å². The summed E-state index contributed by atoms with van der Waals surface area (Å²) in [5.41, 5.74) is 0.759. The van der Waals surface area contributed by atoms with E-state index in [-0.39, 0.29) is 11.7 Å². The van der Waals surface area contributed by atoms with Crippen LogP contribution >= 0.6 is 0 Å². The minimum absolute atomic E-state index is 0.101. The van der Waals surface area contributed by atoms with Crippen LogP contribution in [0.4, 0.5) is 10.1 Å². The first-order valence-corrected chi connectivity index (χ1v) is 6.44. The third-order valence-electron chi connectivity index (χ3n) is 3.21. The number of rotatable bonds is 5. The molecule has 0 unspecified atom stereocenters. The number of nitrogens with zero attached hydrogens (tertiary/aromatic N) is 1. The number of carbonyl (C=O) groups is 1. The van der Waals surface area contributed by atoms with E-state index in [9.17, 15) is 9.18 Å². The van der Waals surface area contributed by atoms with Crippen molar-refractivity contribution in [2.24, 2.45) is 0 Å². The average Bonchev–Trinajstić information content (AvgIpc) is 3.19. The molecule has 4 heteroatoms. The summed E-state index contributed by atoms with van der Waals surface area (Å²) < 4.78 is 13.8. The standard InChI is InChI=1S/C14H19FN2O/c1-3-9-16-13-11(5-4-6-12(13)15)14(18)17(2)10-7-8-10/h4-6,10,16H,3,7-9H2,1-2H3. The first-order valence-electron chi connectivity index (χ1n) is 6.44. The van der Waals surface area contributed by atoms with Crippen LogP contribution in [0.15, 0.2) is 18.2 Å². The summed E-state index contributed by atoms with van der Waals surface area (Å²) in [7, 11) is 1.79. The minimum atomic E-state index is -0.363. The van der Waals surface area contributed by atoms with E-state index in [4.69, 9.17) is 0 Å². The van der Waals surface area contributed by atoms with Crippen LogP contribution in [0.5, 0.6) is 0 Å². The van der Waals surface area contributed by atoms with Gasteiger partial charge in [0.25, 0.3) is 5.91 Å². The number of amides is 1. The van der Waals surface area contributed by atoms with Crippen LogP contribution < -0.4 is 5.32 Å². The van der Waals surface area contributed by atoms with Gasteiger partial charge < -0.3 is 10.2 Å². The molecule has 1 amide bonds. The van der Waals surface area contributed by atoms with Crippen molar-refractivity contribution in [2.75, 3.05) is 18.9 Å². The third-order valence-corrected chi connectivity index (χ3v) is 3.21. The van der Waals surface area contributed by atoms with Crippen LogP contribution in [-0.2, 0) is 0 Å². The van der Waals surface area contributed by atoms with Crippen LogP contribution in [0, 0.1) is 5.82 Å². The number of anilines is 1. The highest BCUT2D eigenvalue weighted by molar-refractivity contribution is 5.99. The highest BCUT2D eigenvalue weighted by Gasteiger charge is 2.31. The lowest BCUT2D eigenvalue weighted by Crippen LogP contribution is -2.29. The van der Waals surface area contributed by atoms with Gasteiger partial charge in [0.15, 0.2) is 0 Å². The predicted octanol–water partition coefficient (Wildman–Crippen LogP) is 2.88. The van der Waals surface area contributed by atoms with Gasteiger partial charge in [0, 0.05) is 19.6 Å². The largest absolute Gasteiger partial charge is 0.382 e. The molecule has 1 saturated carbocycles. The molecule has 0 spiro atoms. The van der Waals surface area contributed by atoms with Crippen LogP contribution in [-0.4, -0.2) is 30.4 Å². The Kier molecular flexibility index (Phi) is 3.84. The zero-order chi connectivity index (χ0) is 13.1. The SMILES string of the molecule is CCCNc1c(F)cccc1C(=O)N(C)C1CC1. The number of nitrogens with one attached hydrogen (secondary N) is 1. The summed E-state index contributed by atoms with van der Waals surface area (Å²) in [4.78, 5) is 14.0. The molecule has 0 radical (unpaired) electrons. The molecule has 98 valence electrons. The Morgan fingerprint density at radius 3 is 2.83 bits per heavy atom. The van der Waals surface area contributed by atoms with Crippen molar-refractivity contribution in [3.8, 4) is 0 Å². The molecule has 1 aromatic rings. The van der Waals surface area contributed by atoms with Crippen molar-refractivity contribution < 1.29 is 9.18 Å². The molecule has 0 saturated heterocycles. The zero-order valence-corrected chi connectivity index (χ0v) is 10.9. The maximum absolute atomic E-state index is 13.8. The van der Waals surface area contributed by atoms with Crippen LogP contribution in [0.1, 0.15) is 36.5 Å². The lowest BCUT2D eigenvalue weighted by atomic mass is 10.1. The van der Waals surface area contributed by atoms with E-state index < -0.39 is 0 Å². The van der Waals surface area contributed by atoms with E-state index >= 15 is 0 Å². The molecule has 0 bridgehead atoms. The fourth-order valence-electron chi connectivity index (χ4n) is 1.95. The second kappa shape index (κ2) is 5.38. The summed E-state index contributed by atoms with van der Waals surface area (Å²) in [5.74, 6) is -0.464. The molecule has 1 fully saturated rings. The first kappa shape index (κ1) is 12.9. The quantitative estimate of drug-likeness (QED) is 0.871. The van der Waals surface area contributed by atoms with Gasteiger partial charge in [0.2, 0.25) is 0 Å². The van der Waals surface area contributed by atoms with Gasteiger partial charge >= 0.3 is 0 Å². The summed E-state index contributed by atoms with van der Waals surface area (Å²) in [6.45, 7) is 2.67. The fourth-order valence-corrected chi connectivity index (χ4v) is 1.95. The molecule has 1 aliphatic carbocycles. The van der Waals surface area contributed by atoms with Crippen LogP contribution in [0.3, 0.4) is 0 Å². The lowest BCUT2D eigenvalue weighted by molar-refractivity contribution is 0.0785. The summed E-state index contributed by atoms with van der Waals surface area (Å²) in [6.07, 6.45) is 2.99. The number of carbonyl (C=O) groups excluding carboxylic acids is 1. The predicted molar refractivity (Wildman–Crippen MR) is 70.3 cm³/mol. The second-order valence-corrected chi connectivity index (χ2v) is 4.74. The van der Waals surface area contributed by atoms with Gasteiger partial charge in [-0.25, -0.2) is 4.39 Å². The van der Waals surface area contributed by atoms with Crippen molar-refractivity contribution in [3.63, 3.8) is 0 Å². The molecule has 3 nitrogen and oxygen atoms in total. The summed E-state index contributed by atoms with van der Waals surface area (Å²) in [5, 5.41) is 3.00. The van der Waals surface area contributed by atoms with Gasteiger partial charge in [-0.15, -0.1) is 0 Å². The minimum Gasteiger partial charge on any atom is -0.382 e. The molecular formula is C14H19FN2O. The Balaban J connectivity index is 2.24. The normalized spacial score (nSPS) is 14.4. The van der Waals surface area contributed by atoms with Crippen molar-refractivity contribution in [3.05, 3.63) is 29.6 Å². The van der Waals surface area contributed by atoms with Crippen molar-refractivity contribution in [1.82, 2.24) is 4.90 Å². The Labute approximate surface area is 107 Å².